The van der Waals surface area contributed by atoms with E-state index in [4.69, 9.17) is 4.74 Å². The number of nitrogens with zero attached hydrogens (tertiary/aromatic N) is 4. The number of alkyl halides is 2. The second-order valence-corrected chi connectivity index (χ2v) is 7.33. The van der Waals surface area contributed by atoms with Gasteiger partial charge in [-0.05, 0) is 6.92 Å². The van der Waals surface area contributed by atoms with Crippen LogP contribution in [0.5, 0.6) is 5.88 Å². The molecule has 1 saturated heterocycles. The summed E-state index contributed by atoms with van der Waals surface area (Å²) in [4.78, 5) is 24.7. The van der Waals surface area contributed by atoms with Gasteiger partial charge in [-0.3, -0.25) is 9.69 Å². The lowest BCUT2D eigenvalue weighted by Gasteiger charge is -2.19. The summed E-state index contributed by atoms with van der Waals surface area (Å²) in [6.07, 6.45) is -0.0381. The summed E-state index contributed by atoms with van der Waals surface area (Å²) in [5, 5.41) is 2.70. The Balaban J connectivity index is 1.59. The molecule has 0 aliphatic carbocycles. The van der Waals surface area contributed by atoms with E-state index in [0.717, 1.165) is 17.5 Å². The Morgan fingerprint density at radius 1 is 1.44 bits per heavy atom. The van der Waals surface area contributed by atoms with Crippen LogP contribution in [0.3, 0.4) is 0 Å². The van der Waals surface area contributed by atoms with Crippen LogP contribution in [0.2, 0.25) is 0 Å². The lowest BCUT2D eigenvalue weighted by Crippen LogP contribution is -2.28. The molecule has 0 bridgehead atoms. The van der Waals surface area contributed by atoms with Crippen LogP contribution in [0, 0.1) is 5.95 Å². The molecule has 1 aliphatic rings. The molecule has 0 radical (unpaired) electrons. The van der Waals surface area contributed by atoms with Crippen molar-refractivity contribution in [1.82, 2.24) is 19.9 Å². The highest BCUT2D eigenvalue weighted by molar-refractivity contribution is 7.15. The summed E-state index contributed by atoms with van der Waals surface area (Å²) in [6, 6.07) is 0.119. The normalized spacial score (nSPS) is 20.2. The van der Waals surface area contributed by atoms with E-state index in [2.05, 4.69) is 20.3 Å². The standard InChI is InChI=1S/C16H18F3N5O2S/c1-8-3-10(26-13-5-20-11(4-21-13)14(17)18)6-24(8)7-12-15(19)23-16(27-12)22-9(2)25/h4-5,8,10,14H,3,6-7H2,1-2H3,(H,22,23,25)/t8-,10+/m0/s1. The zero-order chi connectivity index (χ0) is 19.6. The van der Waals surface area contributed by atoms with Crippen LogP contribution in [0.1, 0.15) is 37.3 Å². The molecule has 1 amide bonds. The summed E-state index contributed by atoms with van der Waals surface area (Å²) in [7, 11) is 0. The summed E-state index contributed by atoms with van der Waals surface area (Å²) >= 11 is 1.09. The van der Waals surface area contributed by atoms with Gasteiger partial charge in [0.25, 0.3) is 6.43 Å². The first-order valence-electron chi connectivity index (χ1n) is 8.25. The van der Waals surface area contributed by atoms with Gasteiger partial charge >= 0.3 is 0 Å². The summed E-state index contributed by atoms with van der Waals surface area (Å²) < 4.78 is 44.7. The molecule has 1 aliphatic heterocycles. The Morgan fingerprint density at radius 2 is 2.22 bits per heavy atom. The average Bonchev–Trinajstić information content (AvgIpc) is 3.10. The molecule has 2 atom stereocenters. The van der Waals surface area contributed by atoms with Gasteiger partial charge < -0.3 is 10.1 Å². The maximum Gasteiger partial charge on any atom is 0.281 e. The summed E-state index contributed by atoms with van der Waals surface area (Å²) in [5.74, 6) is -0.735. The van der Waals surface area contributed by atoms with E-state index in [-0.39, 0.29) is 29.1 Å². The maximum atomic E-state index is 14.0. The number of amides is 1. The highest BCUT2D eigenvalue weighted by Crippen LogP contribution is 2.28. The highest BCUT2D eigenvalue weighted by Gasteiger charge is 2.32. The average molecular weight is 401 g/mol. The second-order valence-electron chi connectivity index (χ2n) is 6.25. The maximum absolute atomic E-state index is 14.0. The molecular formula is C16H18F3N5O2S. The monoisotopic (exact) mass is 401 g/mol. The molecule has 0 spiro atoms. The Morgan fingerprint density at radius 3 is 2.85 bits per heavy atom. The number of nitrogens with one attached hydrogen (secondary N) is 1. The van der Waals surface area contributed by atoms with Crippen LogP contribution >= 0.6 is 11.3 Å². The van der Waals surface area contributed by atoms with Gasteiger partial charge in [-0.15, -0.1) is 0 Å². The smallest absolute Gasteiger partial charge is 0.281 e. The SMILES string of the molecule is CC(=O)Nc1nc(F)c(CN2C[C@H](Oc3cnc(C(F)F)cn3)C[C@@H]2C)s1. The number of aromatic nitrogens is 3. The molecule has 2 aromatic rings. The fourth-order valence-electron chi connectivity index (χ4n) is 2.84. The Hall–Kier alpha value is -2.27. The molecule has 2 aromatic heterocycles. The molecule has 1 N–H and O–H groups in total. The topological polar surface area (TPSA) is 80.2 Å². The van der Waals surface area contributed by atoms with Crippen molar-refractivity contribution in [2.24, 2.45) is 0 Å². The Bertz CT molecular complexity index is 802. The van der Waals surface area contributed by atoms with E-state index in [1.807, 2.05) is 11.8 Å². The predicted octanol–water partition coefficient (Wildman–Crippen LogP) is 3.01. The van der Waals surface area contributed by atoms with Gasteiger partial charge in [-0.2, -0.15) is 9.37 Å². The van der Waals surface area contributed by atoms with Gasteiger partial charge in [0.15, 0.2) is 5.13 Å². The quantitative estimate of drug-likeness (QED) is 0.802. The molecule has 1 fully saturated rings. The van der Waals surface area contributed by atoms with E-state index >= 15 is 0 Å². The molecule has 0 saturated carbocycles. The lowest BCUT2D eigenvalue weighted by atomic mass is 10.2. The summed E-state index contributed by atoms with van der Waals surface area (Å²) in [6.45, 7) is 4.18. The van der Waals surface area contributed by atoms with E-state index in [1.54, 1.807) is 0 Å². The molecule has 146 valence electrons. The number of likely N-dealkylation sites (tertiary alicyclic amines) is 1. The van der Waals surface area contributed by atoms with E-state index in [0.29, 0.717) is 24.4 Å². The molecule has 7 nitrogen and oxygen atoms in total. The third-order valence-electron chi connectivity index (χ3n) is 4.10. The highest BCUT2D eigenvalue weighted by atomic mass is 32.1. The molecule has 3 heterocycles. The lowest BCUT2D eigenvalue weighted by molar-refractivity contribution is -0.114. The fraction of sp³-hybridized carbons (Fsp3) is 0.500. The number of anilines is 1. The zero-order valence-electron chi connectivity index (χ0n) is 14.7. The predicted molar refractivity (Wildman–Crippen MR) is 92.3 cm³/mol. The van der Waals surface area contributed by atoms with Crippen molar-refractivity contribution >= 4 is 22.4 Å². The minimum atomic E-state index is -2.68. The number of carbonyl (C=O) groups is 1. The molecule has 11 heteroatoms. The fourth-order valence-corrected chi connectivity index (χ4v) is 3.76. The van der Waals surface area contributed by atoms with Gasteiger partial charge in [0.05, 0.1) is 17.3 Å². The van der Waals surface area contributed by atoms with Crippen molar-refractivity contribution in [1.29, 1.82) is 0 Å². The zero-order valence-corrected chi connectivity index (χ0v) is 15.5. The number of carbonyl (C=O) groups excluding carboxylic acids is 1. The van der Waals surface area contributed by atoms with Crippen LogP contribution in [0.25, 0.3) is 0 Å². The van der Waals surface area contributed by atoms with Crippen molar-refractivity contribution in [3.05, 3.63) is 28.9 Å². The minimum Gasteiger partial charge on any atom is -0.472 e. The number of ether oxygens (including phenoxy) is 1. The van der Waals surface area contributed by atoms with Gasteiger partial charge in [-0.25, -0.2) is 18.7 Å². The molecule has 0 unspecified atom stereocenters. The second kappa shape index (κ2) is 8.17. The van der Waals surface area contributed by atoms with Crippen molar-refractivity contribution in [2.75, 3.05) is 11.9 Å². The third-order valence-corrected chi connectivity index (χ3v) is 5.03. The van der Waals surface area contributed by atoms with Crippen molar-refractivity contribution < 1.29 is 22.7 Å². The first-order chi connectivity index (χ1) is 12.8. The molecule has 3 rings (SSSR count). The number of hydrogen-bond acceptors (Lipinski definition) is 7. The number of hydrogen-bond donors (Lipinski definition) is 1. The van der Waals surface area contributed by atoms with E-state index in [9.17, 15) is 18.0 Å². The van der Waals surface area contributed by atoms with Gasteiger partial charge in [0, 0.05) is 32.5 Å². The van der Waals surface area contributed by atoms with Crippen molar-refractivity contribution in [3.63, 3.8) is 0 Å². The van der Waals surface area contributed by atoms with Crippen LogP contribution in [0.15, 0.2) is 12.4 Å². The Labute approximate surface area is 157 Å². The van der Waals surface area contributed by atoms with Crippen LogP contribution < -0.4 is 10.1 Å². The van der Waals surface area contributed by atoms with Crippen LogP contribution in [-0.2, 0) is 11.3 Å². The number of thiazole rings is 1. The van der Waals surface area contributed by atoms with Crippen LogP contribution in [-0.4, -0.2) is 44.4 Å². The molecule has 27 heavy (non-hydrogen) atoms. The third kappa shape index (κ3) is 4.92. The first-order valence-corrected chi connectivity index (χ1v) is 9.07. The van der Waals surface area contributed by atoms with E-state index in [1.165, 1.54) is 13.1 Å². The molecule has 0 aromatic carbocycles. The van der Waals surface area contributed by atoms with E-state index < -0.39 is 18.1 Å². The van der Waals surface area contributed by atoms with Gasteiger partial charge in [-0.1, -0.05) is 11.3 Å². The van der Waals surface area contributed by atoms with Crippen molar-refractivity contribution in [3.8, 4) is 5.88 Å². The molecular weight excluding hydrogens is 383 g/mol. The number of rotatable bonds is 6. The first kappa shape index (κ1) is 19.5. The van der Waals surface area contributed by atoms with Crippen LogP contribution in [0.4, 0.5) is 18.3 Å². The van der Waals surface area contributed by atoms with Gasteiger partial charge in [0.1, 0.15) is 11.8 Å². The minimum absolute atomic E-state index is 0.119. The summed E-state index contributed by atoms with van der Waals surface area (Å²) in [5.41, 5.74) is -0.403. The van der Waals surface area contributed by atoms with Crippen molar-refractivity contribution in [2.45, 2.75) is 45.4 Å². The largest absolute Gasteiger partial charge is 0.472 e. The number of halogens is 3. The Kier molecular flexibility index (Phi) is 5.90. The van der Waals surface area contributed by atoms with Gasteiger partial charge in [0.2, 0.25) is 17.7 Å².